The van der Waals surface area contributed by atoms with Gasteiger partial charge in [-0.25, -0.2) is 4.57 Å². The largest absolute Gasteiger partial charge is 0.472 e. The summed E-state index contributed by atoms with van der Waals surface area (Å²) in [6, 6.07) is 0. The van der Waals surface area contributed by atoms with Crippen molar-refractivity contribution in [2.24, 2.45) is 0 Å². The highest BCUT2D eigenvalue weighted by atomic mass is 31.2. The molecular formula is C53H105NO8P+. The zero-order chi connectivity index (χ0) is 46.4. The van der Waals surface area contributed by atoms with Gasteiger partial charge in [-0.2, -0.15) is 0 Å². The van der Waals surface area contributed by atoms with Gasteiger partial charge >= 0.3 is 19.8 Å². The normalized spacial score (nSPS) is 13.4. The summed E-state index contributed by atoms with van der Waals surface area (Å²) in [5.41, 5.74) is 0. The molecular weight excluding hydrogens is 810 g/mol. The number of allylic oxidation sites excluding steroid dienone is 2. The monoisotopic (exact) mass is 915 g/mol. The molecule has 0 rings (SSSR count). The zero-order valence-electron chi connectivity index (χ0n) is 42.3. The van der Waals surface area contributed by atoms with Gasteiger partial charge in [0.15, 0.2) is 6.10 Å². The molecule has 10 heteroatoms. The van der Waals surface area contributed by atoms with Crippen molar-refractivity contribution >= 4 is 19.8 Å². The van der Waals surface area contributed by atoms with E-state index in [9.17, 15) is 19.0 Å². The standard InChI is InChI=1S/C53H104NO8P/c1-6-8-10-12-14-16-18-20-22-23-24-25-26-27-28-29-30-32-33-35-37-39-41-43-45-52(55)59-49-51(50-61-63(57,58)60-48-47-54(3,4)5)62-53(56)46-44-42-40-38-36-34-31-21-19-17-15-13-11-9-7-2/h21,31,51H,6-20,22-30,32-50H2,1-5H3/p+1/b31-21-. The first kappa shape index (κ1) is 61.8. The minimum atomic E-state index is -4.38. The Labute approximate surface area is 390 Å². The van der Waals surface area contributed by atoms with E-state index in [2.05, 4.69) is 26.0 Å². The second kappa shape index (κ2) is 45.9. The number of ether oxygens (including phenoxy) is 2. The predicted octanol–water partition coefficient (Wildman–Crippen LogP) is 16.1. The van der Waals surface area contributed by atoms with Gasteiger partial charge in [0.05, 0.1) is 27.7 Å². The van der Waals surface area contributed by atoms with Crippen molar-refractivity contribution in [2.75, 3.05) is 47.5 Å². The van der Waals surface area contributed by atoms with Crippen LogP contribution in [0.4, 0.5) is 0 Å². The van der Waals surface area contributed by atoms with Gasteiger partial charge in [0.1, 0.15) is 19.8 Å². The van der Waals surface area contributed by atoms with Crippen LogP contribution in [-0.2, 0) is 32.7 Å². The number of unbranched alkanes of at least 4 members (excludes halogenated alkanes) is 34. The molecule has 2 atom stereocenters. The van der Waals surface area contributed by atoms with Crippen molar-refractivity contribution in [1.82, 2.24) is 0 Å². The van der Waals surface area contributed by atoms with Crippen LogP contribution in [0.2, 0.25) is 0 Å². The van der Waals surface area contributed by atoms with Crippen LogP contribution in [0.5, 0.6) is 0 Å². The molecule has 0 saturated heterocycles. The molecule has 0 heterocycles. The van der Waals surface area contributed by atoms with Crippen LogP contribution >= 0.6 is 7.82 Å². The number of phosphoric ester groups is 1. The average molecular weight is 915 g/mol. The predicted molar refractivity (Wildman–Crippen MR) is 266 cm³/mol. The third kappa shape index (κ3) is 50.0. The summed E-state index contributed by atoms with van der Waals surface area (Å²) < 4.78 is 34.5. The van der Waals surface area contributed by atoms with E-state index in [-0.39, 0.29) is 25.6 Å². The molecule has 0 spiro atoms. The summed E-state index contributed by atoms with van der Waals surface area (Å²) in [6.07, 6.45) is 51.3. The van der Waals surface area contributed by atoms with Gasteiger partial charge in [0.2, 0.25) is 0 Å². The maximum atomic E-state index is 12.7. The Hall–Kier alpha value is -1.25. The summed E-state index contributed by atoms with van der Waals surface area (Å²) in [5, 5.41) is 0. The van der Waals surface area contributed by atoms with Crippen LogP contribution in [0.25, 0.3) is 0 Å². The smallest absolute Gasteiger partial charge is 0.462 e. The van der Waals surface area contributed by atoms with E-state index in [1.165, 1.54) is 180 Å². The van der Waals surface area contributed by atoms with E-state index < -0.39 is 26.5 Å². The lowest BCUT2D eigenvalue weighted by molar-refractivity contribution is -0.870. The fourth-order valence-electron chi connectivity index (χ4n) is 7.84. The molecule has 0 aromatic heterocycles. The van der Waals surface area contributed by atoms with Crippen molar-refractivity contribution in [3.05, 3.63) is 12.2 Å². The summed E-state index contributed by atoms with van der Waals surface area (Å²) in [4.78, 5) is 35.5. The van der Waals surface area contributed by atoms with Crippen LogP contribution in [0.1, 0.15) is 264 Å². The van der Waals surface area contributed by atoms with Crippen LogP contribution in [0, 0.1) is 0 Å². The third-order valence-corrected chi connectivity index (χ3v) is 13.0. The van der Waals surface area contributed by atoms with E-state index in [4.69, 9.17) is 18.5 Å². The molecule has 0 aliphatic heterocycles. The molecule has 9 nitrogen and oxygen atoms in total. The Balaban J connectivity index is 4.13. The molecule has 0 aromatic carbocycles. The first-order valence-corrected chi connectivity index (χ1v) is 28.4. The Morgan fingerprint density at radius 1 is 0.476 bits per heavy atom. The van der Waals surface area contributed by atoms with Crippen LogP contribution in [-0.4, -0.2) is 74.9 Å². The molecule has 63 heavy (non-hydrogen) atoms. The first-order valence-electron chi connectivity index (χ1n) is 26.9. The Kier molecular flexibility index (Phi) is 45.0. The van der Waals surface area contributed by atoms with Gasteiger partial charge in [-0.05, 0) is 38.5 Å². The summed E-state index contributed by atoms with van der Waals surface area (Å²) in [7, 11) is 1.49. The zero-order valence-corrected chi connectivity index (χ0v) is 43.2. The number of carbonyl (C=O) groups is 2. The highest BCUT2D eigenvalue weighted by Crippen LogP contribution is 2.43. The number of likely N-dealkylation sites (N-methyl/N-ethyl adjacent to an activating group) is 1. The topological polar surface area (TPSA) is 108 Å². The van der Waals surface area contributed by atoms with Gasteiger partial charge in [0, 0.05) is 12.8 Å². The number of quaternary nitrogens is 1. The molecule has 0 fully saturated rings. The highest BCUT2D eigenvalue weighted by molar-refractivity contribution is 7.47. The number of hydrogen-bond acceptors (Lipinski definition) is 7. The SMILES string of the molecule is CCCCCCCC/C=C\CCCCCCCC(=O)OC(COC(=O)CCCCCCCCCCCCCCCCCCCCCCCCCC)COP(=O)(O)OCC[N+](C)(C)C. The van der Waals surface area contributed by atoms with E-state index >= 15 is 0 Å². The maximum Gasteiger partial charge on any atom is 0.472 e. The van der Waals surface area contributed by atoms with Gasteiger partial charge < -0.3 is 18.9 Å². The van der Waals surface area contributed by atoms with E-state index in [1.54, 1.807) is 0 Å². The summed E-state index contributed by atoms with van der Waals surface area (Å²) in [5.74, 6) is -0.792. The van der Waals surface area contributed by atoms with Crippen molar-refractivity contribution < 1.29 is 42.1 Å². The fourth-order valence-corrected chi connectivity index (χ4v) is 8.58. The average Bonchev–Trinajstić information content (AvgIpc) is 3.24. The Morgan fingerprint density at radius 3 is 1.17 bits per heavy atom. The minimum Gasteiger partial charge on any atom is -0.462 e. The van der Waals surface area contributed by atoms with Crippen molar-refractivity contribution in [1.29, 1.82) is 0 Å². The molecule has 1 N–H and O–H groups in total. The van der Waals surface area contributed by atoms with Gasteiger partial charge in [-0.1, -0.05) is 225 Å². The van der Waals surface area contributed by atoms with Crippen LogP contribution in [0.3, 0.4) is 0 Å². The lowest BCUT2D eigenvalue weighted by atomic mass is 10.0. The molecule has 0 aromatic rings. The first-order chi connectivity index (χ1) is 30.5. The van der Waals surface area contributed by atoms with E-state index in [1.807, 2.05) is 21.1 Å². The Morgan fingerprint density at radius 2 is 0.810 bits per heavy atom. The summed E-state index contributed by atoms with van der Waals surface area (Å²) in [6.45, 7) is 4.46. The number of phosphoric acid groups is 1. The highest BCUT2D eigenvalue weighted by Gasteiger charge is 2.27. The number of rotatable bonds is 50. The summed E-state index contributed by atoms with van der Waals surface area (Å²) >= 11 is 0. The van der Waals surface area contributed by atoms with Crippen molar-refractivity contribution in [2.45, 2.75) is 270 Å². The molecule has 2 unspecified atom stereocenters. The third-order valence-electron chi connectivity index (χ3n) is 12.0. The van der Waals surface area contributed by atoms with Gasteiger partial charge in [-0.15, -0.1) is 0 Å². The second-order valence-corrected chi connectivity index (χ2v) is 21.1. The van der Waals surface area contributed by atoms with E-state index in [0.717, 1.165) is 51.4 Å². The van der Waals surface area contributed by atoms with Crippen LogP contribution < -0.4 is 0 Å². The molecule has 0 aliphatic carbocycles. The van der Waals surface area contributed by atoms with Crippen LogP contribution in [0.15, 0.2) is 12.2 Å². The molecule has 374 valence electrons. The fraction of sp³-hybridized carbons (Fsp3) is 0.925. The van der Waals surface area contributed by atoms with Gasteiger partial charge in [-0.3, -0.25) is 18.6 Å². The van der Waals surface area contributed by atoms with Crippen molar-refractivity contribution in [3.63, 3.8) is 0 Å². The van der Waals surface area contributed by atoms with Crippen molar-refractivity contribution in [3.8, 4) is 0 Å². The number of carbonyl (C=O) groups excluding carboxylic acids is 2. The minimum absolute atomic E-state index is 0.0335. The lowest BCUT2D eigenvalue weighted by Gasteiger charge is -2.24. The van der Waals surface area contributed by atoms with E-state index in [0.29, 0.717) is 23.9 Å². The van der Waals surface area contributed by atoms with Gasteiger partial charge in [0.25, 0.3) is 0 Å². The molecule has 0 aliphatic rings. The number of nitrogens with zero attached hydrogens (tertiary/aromatic N) is 1. The maximum absolute atomic E-state index is 12.7. The lowest BCUT2D eigenvalue weighted by Crippen LogP contribution is -2.37. The Bertz CT molecular complexity index is 1080. The quantitative estimate of drug-likeness (QED) is 0.0211. The second-order valence-electron chi connectivity index (χ2n) is 19.6. The molecule has 0 amide bonds. The number of esters is 2. The molecule has 0 radical (unpaired) electrons. The number of hydrogen-bond donors (Lipinski definition) is 1. The molecule has 0 bridgehead atoms. The molecule has 0 saturated carbocycles.